The average molecular weight is 263 g/mol. The number of rotatable bonds is 5. The maximum absolute atomic E-state index is 13.3. The molecule has 0 radical (unpaired) electrons. The van der Waals surface area contributed by atoms with Crippen molar-refractivity contribution in [2.24, 2.45) is 12.8 Å². The Morgan fingerprint density at radius 1 is 1.47 bits per heavy atom. The minimum absolute atomic E-state index is 0.0393. The normalized spacial score (nSPS) is 12.4. The van der Waals surface area contributed by atoms with Crippen LogP contribution in [0, 0.1) is 5.82 Å². The molecule has 2 rings (SSSR count). The van der Waals surface area contributed by atoms with Crippen LogP contribution in [0.1, 0.15) is 18.1 Å². The average Bonchev–Trinajstić information content (AvgIpc) is 2.73. The van der Waals surface area contributed by atoms with Crippen molar-refractivity contribution in [2.75, 3.05) is 0 Å². The summed E-state index contributed by atoms with van der Waals surface area (Å²) in [5.41, 5.74) is 7.52. The Bertz CT molecular complexity index is 551. The summed E-state index contributed by atoms with van der Waals surface area (Å²) >= 11 is 0. The second-order valence-corrected chi connectivity index (χ2v) is 4.74. The van der Waals surface area contributed by atoms with Crippen molar-refractivity contribution in [3.63, 3.8) is 0 Å². The first-order chi connectivity index (χ1) is 9.04. The van der Waals surface area contributed by atoms with E-state index in [0.29, 0.717) is 18.8 Å². The lowest BCUT2D eigenvalue weighted by Crippen LogP contribution is -2.18. The van der Waals surface area contributed by atoms with Gasteiger partial charge in [0.1, 0.15) is 18.2 Å². The van der Waals surface area contributed by atoms with E-state index < -0.39 is 0 Å². The lowest BCUT2D eigenvalue weighted by molar-refractivity contribution is 0.301. The van der Waals surface area contributed by atoms with Gasteiger partial charge in [0.2, 0.25) is 0 Å². The van der Waals surface area contributed by atoms with E-state index in [9.17, 15) is 4.39 Å². The van der Waals surface area contributed by atoms with Gasteiger partial charge in [-0.3, -0.25) is 4.68 Å². The molecule has 0 spiro atoms. The monoisotopic (exact) mass is 263 g/mol. The fourth-order valence-corrected chi connectivity index (χ4v) is 1.90. The van der Waals surface area contributed by atoms with Crippen LogP contribution in [-0.2, 0) is 20.1 Å². The van der Waals surface area contributed by atoms with Gasteiger partial charge in [-0.25, -0.2) is 4.39 Å². The third kappa shape index (κ3) is 3.79. The zero-order valence-electron chi connectivity index (χ0n) is 11.1. The standard InChI is InChI=1S/C14H18FN3O/c1-10(16)5-12-6-13(15)3-4-14(12)19-9-11-7-17-18(2)8-11/h3-4,6-8,10H,5,9,16H2,1-2H3. The highest BCUT2D eigenvalue weighted by Gasteiger charge is 2.08. The van der Waals surface area contributed by atoms with E-state index in [2.05, 4.69) is 5.10 Å². The van der Waals surface area contributed by atoms with Gasteiger partial charge in [0.25, 0.3) is 0 Å². The van der Waals surface area contributed by atoms with Gasteiger partial charge in [0.05, 0.1) is 6.20 Å². The molecular weight excluding hydrogens is 245 g/mol. The summed E-state index contributed by atoms with van der Waals surface area (Å²) in [5.74, 6) is 0.395. The first-order valence-corrected chi connectivity index (χ1v) is 6.19. The van der Waals surface area contributed by atoms with Gasteiger partial charge in [0, 0.05) is 24.8 Å². The summed E-state index contributed by atoms with van der Waals surface area (Å²) in [6, 6.07) is 4.47. The van der Waals surface area contributed by atoms with E-state index in [0.717, 1.165) is 11.1 Å². The Balaban J connectivity index is 2.10. The van der Waals surface area contributed by atoms with Crippen LogP contribution >= 0.6 is 0 Å². The van der Waals surface area contributed by atoms with Gasteiger partial charge in [-0.1, -0.05) is 0 Å². The first kappa shape index (κ1) is 13.5. The fraction of sp³-hybridized carbons (Fsp3) is 0.357. The SMILES string of the molecule is CC(N)Cc1cc(F)ccc1OCc1cnn(C)c1. The lowest BCUT2D eigenvalue weighted by Gasteiger charge is -2.12. The quantitative estimate of drug-likeness (QED) is 0.898. The van der Waals surface area contributed by atoms with Crippen molar-refractivity contribution in [2.45, 2.75) is 26.0 Å². The minimum atomic E-state index is -0.274. The second-order valence-electron chi connectivity index (χ2n) is 4.74. The molecule has 1 atom stereocenters. The molecule has 1 heterocycles. The van der Waals surface area contributed by atoms with Gasteiger partial charge in [-0.05, 0) is 37.1 Å². The highest BCUT2D eigenvalue weighted by atomic mass is 19.1. The topological polar surface area (TPSA) is 53.1 Å². The molecule has 2 aromatic rings. The molecule has 0 aliphatic rings. The molecule has 1 unspecified atom stereocenters. The first-order valence-electron chi connectivity index (χ1n) is 6.19. The summed E-state index contributed by atoms with van der Waals surface area (Å²) in [7, 11) is 1.85. The highest BCUT2D eigenvalue weighted by Crippen LogP contribution is 2.22. The fourth-order valence-electron chi connectivity index (χ4n) is 1.90. The van der Waals surface area contributed by atoms with Crippen LogP contribution in [0.4, 0.5) is 4.39 Å². The van der Waals surface area contributed by atoms with Gasteiger partial charge in [-0.2, -0.15) is 5.10 Å². The summed E-state index contributed by atoms with van der Waals surface area (Å²) < 4.78 is 20.7. The summed E-state index contributed by atoms with van der Waals surface area (Å²) in [5, 5.41) is 4.07. The number of ether oxygens (including phenoxy) is 1. The number of nitrogens with zero attached hydrogens (tertiary/aromatic N) is 2. The molecular formula is C14H18FN3O. The lowest BCUT2D eigenvalue weighted by atomic mass is 10.1. The van der Waals surface area contributed by atoms with Crippen molar-refractivity contribution < 1.29 is 9.13 Å². The molecule has 2 N–H and O–H groups in total. The number of halogens is 1. The predicted octanol–water partition coefficient (Wildman–Crippen LogP) is 2.03. The van der Waals surface area contributed by atoms with E-state index in [1.54, 1.807) is 16.9 Å². The molecule has 5 heteroatoms. The molecule has 4 nitrogen and oxygen atoms in total. The van der Waals surface area contributed by atoms with Gasteiger partial charge in [-0.15, -0.1) is 0 Å². The van der Waals surface area contributed by atoms with Crippen LogP contribution in [-0.4, -0.2) is 15.8 Å². The Kier molecular flexibility index (Phi) is 4.16. The van der Waals surface area contributed by atoms with Crippen LogP contribution in [0.3, 0.4) is 0 Å². The molecule has 102 valence electrons. The number of aromatic nitrogens is 2. The number of hydrogen-bond donors (Lipinski definition) is 1. The van der Waals surface area contributed by atoms with E-state index in [1.807, 2.05) is 20.2 Å². The summed E-state index contributed by atoms with van der Waals surface area (Å²) in [4.78, 5) is 0. The molecule has 0 saturated heterocycles. The van der Waals surface area contributed by atoms with Crippen LogP contribution in [0.15, 0.2) is 30.6 Å². The minimum Gasteiger partial charge on any atom is -0.489 e. The zero-order chi connectivity index (χ0) is 13.8. The molecule has 0 bridgehead atoms. The molecule has 1 aromatic carbocycles. The Hall–Kier alpha value is -1.88. The molecule has 0 amide bonds. The number of nitrogens with two attached hydrogens (primary N) is 1. The molecule has 0 aliphatic carbocycles. The van der Waals surface area contributed by atoms with Crippen LogP contribution in [0.2, 0.25) is 0 Å². The van der Waals surface area contributed by atoms with E-state index in [1.165, 1.54) is 12.1 Å². The largest absolute Gasteiger partial charge is 0.489 e. The Morgan fingerprint density at radius 3 is 2.89 bits per heavy atom. The Labute approximate surface area is 112 Å². The molecule has 0 saturated carbocycles. The van der Waals surface area contributed by atoms with Crippen molar-refractivity contribution >= 4 is 0 Å². The number of aryl methyl sites for hydroxylation is 1. The van der Waals surface area contributed by atoms with Crippen molar-refractivity contribution in [3.8, 4) is 5.75 Å². The maximum atomic E-state index is 13.3. The number of benzene rings is 1. The molecule has 1 aromatic heterocycles. The van der Waals surface area contributed by atoms with Crippen molar-refractivity contribution in [1.82, 2.24) is 9.78 Å². The summed E-state index contributed by atoms with van der Waals surface area (Å²) in [6.45, 7) is 2.29. The molecule has 0 fully saturated rings. The molecule has 0 aliphatic heterocycles. The molecule has 19 heavy (non-hydrogen) atoms. The van der Waals surface area contributed by atoms with E-state index in [-0.39, 0.29) is 11.9 Å². The Morgan fingerprint density at radius 2 is 2.26 bits per heavy atom. The van der Waals surface area contributed by atoms with E-state index in [4.69, 9.17) is 10.5 Å². The van der Waals surface area contributed by atoms with Crippen LogP contribution < -0.4 is 10.5 Å². The van der Waals surface area contributed by atoms with Gasteiger partial charge < -0.3 is 10.5 Å². The van der Waals surface area contributed by atoms with Crippen LogP contribution in [0.25, 0.3) is 0 Å². The van der Waals surface area contributed by atoms with Crippen LogP contribution in [0.5, 0.6) is 5.75 Å². The highest BCUT2D eigenvalue weighted by molar-refractivity contribution is 5.34. The van der Waals surface area contributed by atoms with Gasteiger partial charge >= 0.3 is 0 Å². The smallest absolute Gasteiger partial charge is 0.123 e. The van der Waals surface area contributed by atoms with E-state index >= 15 is 0 Å². The third-order valence-corrected chi connectivity index (χ3v) is 2.72. The second kappa shape index (κ2) is 5.84. The summed E-state index contributed by atoms with van der Waals surface area (Å²) in [6.07, 6.45) is 4.21. The third-order valence-electron chi connectivity index (χ3n) is 2.72. The van der Waals surface area contributed by atoms with Crippen molar-refractivity contribution in [1.29, 1.82) is 0 Å². The van der Waals surface area contributed by atoms with Crippen molar-refractivity contribution in [3.05, 3.63) is 47.5 Å². The zero-order valence-corrected chi connectivity index (χ0v) is 11.1. The predicted molar refractivity (Wildman–Crippen MR) is 71.3 cm³/mol. The van der Waals surface area contributed by atoms with Gasteiger partial charge in [0.15, 0.2) is 0 Å². The maximum Gasteiger partial charge on any atom is 0.123 e. The number of hydrogen-bond acceptors (Lipinski definition) is 3.